The average Bonchev–Trinajstić information content (AvgIpc) is 2.15. The van der Waals surface area contributed by atoms with Gasteiger partial charge in [0.2, 0.25) is 5.91 Å². The second-order valence-corrected chi connectivity index (χ2v) is 3.09. The molecule has 0 fully saturated rings. The van der Waals surface area contributed by atoms with Crippen LogP contribution in [0.15, 0.2) is 12.7 Å². The Morgan fingerprint density at radius 2 is 2.19 bits per heavy atom. The number of halogens is 3. The molecule has 0 aromatic heterocycles. The largest absolute Gasteiger partial charge is 0.411 e. The molecule has 94 valence electrons. The van der Waals surface area contributed by atoms with Crippen molar-refractivity contribution >= 4 is 5.91 Å². The van der Waals surface area contributed by atoms with E-state index in [-0.39, 0.29) is 13.2 Å². The average molecular weight is 240 g/mol. The molecule has 1 unspecified atom stereocenters. The topological polar surface area (TPSA) is 64.4 Å². The van der Waals surface area contributed by atoms with Gasteiger partial charge in [-0.05, 0) is 6.42 Å². The third kappa shape index (κ3) is 8.25. The summed E-state index contributed by atoms with van der Waals surface area (Å²) in [5.74, 6) is -0.435. The van der Waals surface area contributed by atoms with Crippen molar-refractivity contribution in [3.05, 3.63) is 12.7 Å². The van der Waals surface area contributed by atoms with Gasteiger partial charge in [-0.3, -0.25) is 4.79 Å². The fourth-order valence-corrected chi connectivity index (χ4v) is 0.852. The number of amides is 1. The second kappa shape index (κ2) is 7.24. The van der Waals surface area contributed by atoms with Crippen LogP contribution in [0.3, 0.4) is 0 Å². The van der Waals surface area contributed by atoms with Gasteiger partial charge >= 0.3 is 6.18 Å². The molecule has 0 radical (unpaired) electrons. The molecule has 1 atom stereocenters. The standard InChI is InChI=1S/C9H15F3N2O2/c1-2-3-7(13)8(15)14-4-5-16-6-9(10,11)12/h2,7H,1,3-6,13H2,(H,14,15). The van der Waals surface area contributed by atoms with Gasteiger partial charge in [0.05, 0.1) is 12.6 Å². The third-order valence-electron chi connectivity index (χ3n) is 1.57. The Kier molecular flexibility index (Phi) is 6.75. The van der Waals surface area contributed by atoms with Crippen LogP contribution in [0.5, 0.6) is 0 Å². The summed E-state index contributed by atoms with van der Waals surface area (Å²) >= 11 is 0. The van der Waals surface area contributed by atoms with E-state index in [1.165, 1.54) is 6.08 Å². The summed E-state index contributed by atoms with van der Waals surface area (Å²) in [5, 5.41) is 2.35. The number of nitrogens with one attached hydrogen (secondary N) is 1. The lowest BCUT2D eigenvalue weighted by Gasteiger charge is -2.11. The molecule has 1 amide bonds. The lowest BCUT2D eigenvalue weighted by molar-refractivity contribution is -0.173. The van der Waals surface area contributed by atoms with Crippen molar-refractivity contribution < 1.29 is 22.7 Å². The molecular weight excluding hydrogens is 225 g/mol. The van der Waals surface area contributed by atoms with Crippen molar-refractivity contribution in [2.24, 2.45) is 5.73 Å². The maximum absolute atomic E-state index is 11.6. The van der Waals surface area contributed by atoms with E-state index >= 15 is 0 Å². The van der Waals surface area contributed by atoms with E-state index < -0.39 is 24.7 Å². The number of ether oxygens (including phenoxy) is 1. The van der Waals surface area contributed by atoms with Gasteiger partial charge in [0.1, 0.15) is 6.61 Å². The SMILES string of the molecule is C=CCC(N)C(=O)NCCOCC(F)(F)F. The van der Waals surface area contributed by atoms with Crippen LogP contribution in [0.2, 0.25) is 0 Å². The van der Waals surface area contributed by atoms with Crippen molar-refractivity contribution in [1.82, 2.24) is 5.32 Å². The minimum absolute atomic E-state index is 0.000242. The van der Waals surface area contributed by atoms with Crippen LogP contribution in [-0.4, -0.2) is 37.9 Å². The molecule has 4 nitrogen and oxygen atoms in total. The normalized spacial score (nSPS) is 13.2. The van der Waals surface area contributed by atoms with Gasteiger partial charge in [-0.25, -0.2) is 0 Å². The Hall–Kier alpha value is -1.08. The molecule has 16 heavy (non-hydrogen) atoms. The number of hydrogen-bond donors (Lipinski definition) is 2. The minimum atomic E-state index is -4.34. The Balaban J connectivity index is 3.52. The Labute approximate surface area is 91.6 Å². The van der Waals surface area contributed by atoms with Gasteiger partial charge in [0.25, 0.3) is 0 Å². The zero-order valence-electron chi connectivity index (χ0n) is 8.72. The molecule has 0 rings (SSSR count). The summed E-state index contributed by atoms with van der Waals surface area (Å²) in [6.45, 7) is 1.89. The molecule has 0 aliphatic heterocycles. The van der Waals surface area contributed by atoms with Gasteiger partial charge in [-0.15, -0.1) is 6.58 Å². The molecule has 0 aromatic rings. The summed E-state index contributed by atoms with van der Waals surface area (Å²) in [4.78, 5) is 11.1. The van der Waals surface area contributed by atoms with Crippen molar-refractivity contribution in [3.63, 3.8) is 0 Å². The molecule has 3 N–H and O–H groups in total. The number of alkyl halides is 3. The van der Waals surface area contributed by atoms with Gasteiger partial charge in [0.15, 0.2) is 0 Å². The van der Waals surface area contributed by atoms with E-state index in [0.29, 0.717) is 6.42 Å². The molecule has 0 aromatic carbocycles. The van der Waals surface area contributed by atoms with E-state index in [9.17, 15) is 18.0 Å². The van der Waals surface area contributed by atoms with Crippen molar-refractivity contribution in [2.75, 3.05) is 19.8 Å². The predicted octanol–water partition coefficient (Wildman–Crippen LogP) is 0.585. The van der Waals surface area contributed by atoms with Crippen LogP contribution in [-0.2, 0) is 9.53 Å². The molecule has 7 heteroatoms. The van der Waals surface area contributed by atoms with Crippen molar-refractivity contribution in [1.29, 1.82) is 0 Å². The zero-order chi connectivity index (χ0) is 12.6. The fourth-order valence-electron chi connectivity index (χ4n) is 0.852. The van der Waals surface area contributed by atoms with E-state index in [1.54, 1.807) is 0 Å². The van der Waals surface area contributed by atoms with Crippen LogP contribution in [0.4, 0.5) is 13.2 Å². The van der Waals surface area contributed by atoms with E-state index in [4.69, 9.17) is 5.73 Å². The van der Waals surface area contributed by atoms with Gasteiger partial charge in [-0.1, -0.05) is 6.08 Å². The van der Waals surface area contributed by atoms with Crippen LogP contribution in [0.1, 0.15) is 6.42 Å². The van der Waals surface area contributed by atoms with Gasteiger partial charge in [0, 0.05) is 6.54 Å². The summed E-state index contributed by atoms with van der Waals surface area (Å²) < 4.78 is 39.2. The Morgan fingerprint density at radius 1 is 1.56 bits per heavy atom. The molecule has 0 aliphatic carbocycles. The highest BCUT2D eigenvalue weighted by molar-refractivity contribution is 5.81. The number of nitrogens with two attached hydrogens (primary N) is 1. The highest BCUT2D eigenvalue weighted by Gasteiger charge is 2.27. The number of rotatable bonds is 7. The Bertz CT molecular complexity index is 231. The lowest BCUT2D eigenvalue weighted by Crippen LogP contribution is -2.41. The first-order chi connectivity index (χ1) is 7.37. The summed E-state index contributed by atoms with van der Waals surface area (Å²) in [5.41, 5.74) is 5.41. The molecule has 0 bridgehead atoms. The van der Waals surface area contributed by atoms with Crippen molar-refractivity contribution in [2.45, 2.75) is 18.6 Å². The van der Waals surface area contributed by atoms with E-state index in [1.807, 2.05) is 0 Å². The maximum atomic E-state index is 11.6. The highest BCUT2D eigenvalue weighted by atomic mass is 19.4. The van der Waals surface area contributed by atoms with Crippen LogP contribution in [0, 0.1) is 0 Å². The van der Waals surface area contributed by atoms with Gasteiger partial charge in [-0.2, -0.15) is 13.2 Å². The molecule has 0 aliphatic rings. The summed E-state index contributed by atoms with van der Waals surface area (Å²) in [6.07, 6.45) is -2.54. The molecule has 0 saturated heterocycles. The number of carbonyl (C=O) groups is 1. The smallest absolute Gasteiger partial charge is 0.370 e. The first-order valence-electron chi connectivity index (χ1n) is 4.65. The second-order valence-electron chi connectivity index (χ2n) is 3.09. The van der Waals surface area contributed by atoms with Gasteiger partial charge < -0.3 is 15.8 Å². The molecule has 0 saturated carbocycles. The predicted molar refractivity (Wildman–Crippen MR) is 52.7 cm³/mol. The first-order valence-corrected chi connectivity index (χ1v) is 4.65. The molecule has 0 spiro atoms. The van der Waals surface area contributed by atoms with Crippen molar-refractivity contribution in [3.8, 4) is 0 Å². The lowest BCUT2D eigenvalue weighted by atomic mass is 10.2. The zero-order valence-corrected chi connectivity index (χ0v) is 8.72. The van der Waals surface area contributed by atoms with Crippen LogP contribution >= 0.6 is 0 Å². The highest BCUT2D eigenvalue weighted by Crippen LogP contribution is 2.13. The third-order valence-corrected chi connectivity index (χ3v) is 1.57. The number of carbonyl (C=O) groups excluding carboxylic acids is 1. The molecular formula is C9H15F3N2O2. The Morgan fingerprint density at radius 3 is 2.69 bits per heavy atom. The molecule has 0 heterocycles. The monoisotopic (exact) mass is 240 g/mol. The van der Waals surface area contributed by atoms with E-state index in [0.717, 1.165) is 0 Å². The number of hydrogen-bond acceptors (Lipinski definition) is 3. The fraction of sp³-hybridized carbons (Fsp3) is 0.667. The maximum Gasteiger partial charge on any atom is 0.411 e. The first kappa shape index (κ1) is 14.9. The minimum Gasteiger partial charge on any atom is -0.370 e. The van der Waals surface area contributed by atoms with Crippen LogP contribution in [0.25, 0.3) is 0 Å². The summed E-state index contributed by atoms with van der Waals surface area (Å²) in [7, 11) is 0. The van der Waals surface area contributed by atoms with E-state index in [2.05, 4.69) is 16.6 Å². The summed E-state index contributed by atoms with van der Waals surface area (Å²) in [6, 6.07) is -0.722. The quantitative estimate of drug-likeness (QED) is 0.505. The van der Waals surface area contributed by atoms with Crippen LogP contribution < -0.4 is 11.1 Å².